The first kappa shape index (κ1) is 18.6. The highest BCUT2D eigenvalue weighted by molar-refractivity contribution is 5.29. The number of hydrogen-bond acceptors (Lipinski definition) is 5. The van der Waals surface area contributed by atoms with Crippen LogP contribution in [0.5, 0.6) is 0 Å². The van der Waals surface area contributed by atoms with Crippen molar-refractivity contribution in [3.05, 3.63) is 59.1 Å². The summed E-state index contributed by atoms with van der Waals surface area (Å²) < 4.78 is 5.28. The Morgan fingerprint density at radius 1 is 1.19 bits per heavy atom. The van der Waals surface area contributed by atoms with E-state index in [-0.39, 0.29) is 11.0 Å². The Bertz CT molecular complexity index is 705. The Balaban J connectivity index is 1.60. The van der Waals surface area contributed by atoms with E-state index >= 15 is 0 Å². The van der Waals surface area contributed by atoms with E-state index in [1.54, 1.807) is 0 Å². The lowest BCUT2D eigenvalue weighted by Gasteiger charge is -2.41. The molecule has 0 saturated carbocycles. The van der Waals surface area contributed by atoms with Crippen LogP contribution in [0, 0.1) is 5.53 Å². The summed E-state index contributed by atoms with van der Waals surface area (Å²) in [6.07, 6.45) is 6.70. The molecule has 2 heterocycles. The first-order valence-corrected chi connectivity index (χ1v) is 9.34. The van der Waals surface area contributed by atoms with Crippen LogP contribution in [-0.2, 0) is 16.6 Å². The molecule has 1 aromatic rings. The Hall–Kier alpha value is -2.14. The molecule has 0 unspecified atom stereocenters. The normalized spacial score (nSPS) is 20.1. The van der Waals surface area contributed by atoms with Crippen molar-refractivity contribution in [2.45, 2.75) is 51.0 Å². The van der Waals surface area contributed by atoms with Crippen LogP contribution in [0.2, 0.25) is 0 Å². The highest BCUT2D eigenvalue weighted by Gasteiger charge is 2.31. The third-order valence-corrected chi connectivity index (χ3v) is 5.41. The average molecular weight is 354 g/mol. The summed E-state index contributed by atoms with van der Waals surface area (Å²) in [6, 6.07) is 8.93. The van der Waals surface area contributed by atoms with Gasteiger partial charge in [0, 0.05) is 30.4 Å². The molecule has 1 fully saturated rings. The van der Waals surface area contributed by atoms with Crippen LogP contribution in [0.4, 0.5) is 0 Å². The number of nitrogens with zero attached hydrogens (tertiary/aromatic N) is 2. The van der Waals surface area contributed by atoms with E-state index in [0.717, 1.165) is 38.0 Å². The SMILES string of the molecule is CC(C)(C)c1ccc(CC2(N)CCN(C3=CCOC(N=N)=C3)CC2)cc1. The quantitative estimate of drug-likeness (QED) is 0.799. The first-order chi connectivity index (χ1) is 12.3. The monoisotopic (exact) mass is 354 g/mol. The number of nitrogens with one attached hydrogen (secondary N) is 1. The molecule has 0 spiro atoms. The van der Waals surface area contributed by atoms with E-state index in [9.17, 15) is 0 Å². The van der Waals surface area contributed by atoms with Gasteiger partial charge in [-0.1, -0.05) is 45.0 Å². The summed E-state index contributed by atoms with van der Waals surface area (Å²) in [5.41, 5.74) is 17.6. The van der Waals surface area contributed by atoms with Crippen LogP contribution < -0.4 is 5.73 Å². The van der Waals surface area contributed by atoms with Gasteiger partial charge in [0.15, 0.2) is 0 Å². The highest BCUT2D eigenvalue weighted by atomic mass is 16.5. The molecular weight excluding hydrogens is 324 g/mol. The van der Waals surface area contributed by atoms with Gasteiger partial charge in [-0.2, -0.15) is 0 Å². The average Bonchev–Trinajstić information content (AvgIpc) is 2.62. The summed E-state index contributed by atoms with van der Waals surface area (Å²) >= 11 is 0. The van der Waals surface area contributed by atoms with Gasteiger partial charge >= 0.3 is 0 Å². The molecule has 3 N–H and O–H groups in total. The van der Waals surface area contributed by atoms with E-state index < -0.39 is 0 Å². The number of hydrogen-bond donors (Lipinski definition) is 2. The zero-order chi connectivity index (χ0) is 18.8. The smallest absolute Gasteiger partial charge is 0.235 e. The van der Waals surface area contributed by atoms with Gasteiger partial charge in [0.2, 0.25) is 5.88 Å². The minimum absolute atomic E-state index is 0.155. The van der Waals surface area contributed by atoms with Gasteiger partial charge in [0.25, 0.3) is 0 Å². The van der Waals surface area contributed by atoms with Crippen LogP contribution in [-0.4, -0.2) is 30.1 Å². The number of nitrogens with two attached hydrogens (primary N) is 1. The number of allylic oxidation sites excluding steroid dienone is 1. The van der Waals surface area contributed by atoms with Crippen LogP contribution in [0.3, 0.4) is 0 Å². The van der Waals surface area contributed by atoms with Crippen LogP contribution in [0.1, 0.15) is 44.7 Å². The molecule has 2 aliphatic heterocycles. The summed E-state index contributed by atoms with van der Waals surface area (Å²) in [5.74, 6) is 0.381. The fraction of sp³-hybridized carbons (Fsp3) is 0.524. The van der Waals surface area contributed by atoms with Gasteiger partial charge < -0.3 is 15.4 Å². The summed E-state index contributed by atoms with van der Waals surface area (Å²) in [5, 5.41) is 3.40. The van der Waals surface area contributed by atoms with E-state index in [4.69, 9.17) is 16.0 Å². The number of rotatable bonds is 4. The van der Waals surface area contributed by atoms with E-state index in [0.29, 0.717) is 12.5 Å². The van der Waals surface area contributed by atoms with E-state index in [2.05, 4.69) is 55.1 Å². The van der Waals surface area contributed by atoms with Crippen molar-refractivity contribution in [3.63, 3.8) is 0 Å². The molecule has 1 saturated heterocycles. The molecule has 0 amide bonds. The standard InChI is InChI=1S/C21H30N4O/c1-20(2,3)17-6-4-16(5-7-17)15-21(22)9-11-25(12-10-21)18-8-13-26-19(14-18)24-23/h4-8,14,23H,9-13,15,22H2,1-3H3. The van der Waals surface area contributed by atoms with Crippen LogP contribution in [0.15, 0.2) is 53.1 Å². The molecule has 0 aliphatic carbocycles. The maximum Gasteiger partial charge on any atom is 0.235 e. The molecule has 5 heteroatoms. The van der Waals surface area contributed by atoms with Crippen molar-refractivity contribution >= 4 is 0 Å². The third kappa shape index (κ3) is 4.33. The lowest BCUT2D eigenvalue weighted by molar-refractivity contribution is 0.186. The fourth-order valence-electron chi connectivity index (χ4n) is 3.64. The van der Waals surface area contributed by atoms with E-state index in [1.165, 1.54) is 11.1 Å². The highest BCUT2D eigenvalue weighted by Crippen LogP contribution is 2.29. The van der Waals surface area contributed by atoms with Gasteiger partial charge in [-0.3, -0.25) is 0 Å². The molecule has 0 atom stereocenters. The lowest BCUT2D eigenvalue weighted by Crippen LogP contribution is -2.51. The van der Waals surface area contributed by atoms with Crippen LogP contribution in [0.25, 0.3) is 0 Å². The third-order valence-electron chi connectivity index (χ3n) is 5.41. The fourth-order valence-corrected chi connectivity index (χ4v) is 3.64. The second kappa shape index (κ2) is 7.23. The minimum Gasteiger partial charge on any atom is -0.472 e. The molecule has 26 heavy (non-hydrogen) atoms. The summed E-state index contributed by atoms with van der Waals surface area (Å²) in [7, 11) is 0. The van der Waals surface area contributed by atoms with Gasteiger partial charge in [0.05, 0.1) is 0 Å². The molecule has 0 bridgehead atoms. The molecule has 2 aliphatic rings. The Morgan fingerprint density at radius 3 is 2.42 bits per heavy atom. The van der Waals surface area contributed by atoms with Crippen molar-refractivity contribution in [3.8, 4) is 0 Å². The van der Waals surface area contributed by atoms with Gasteiger partial charge in [-0.05, 0) is 41.9 Å². The van der Waals surface area contributed by atoms with Crippen molar-refractivity contribution in [2.75, 3.05) is 19.7 Å². The van der Waals surface area contributed by atoms with Gasteiger partial charge in [-0.25, -0.2) is 5.53 Å². The number of likely N-dealkylation sites (tertiary alicyclic amines) is 1. The Labute approximate surface area is 156 Å². The van der Waals surface area contributed by atoms with Crippen molar-refractivity contribution < 1.29 is 4.74 Å². The molecule has 3 rings (SSSR count). The molecule has 1 aromatic carbocycles. The van der Waals surface area contributed by atoms with Crippen molar-refractivity contribution in [2.24, 2.45) is 10.8 Å². The number of benzene rings is 1. The summed E-state index contributed by atoms with van der Waals surface area (Å²) in [4.78, 5) is 2.32. The Morgan fingerprint density at radius 2 is 1.85 bits per heavy atom. The summed E-state index contributed by atoms with van der Waals surface area (Å²) in [6.45, 7) is 9.03. The zero-order valence-corrected chi connectivity index (χ0v) is 16.1. The van der Waals surface area contributed by atoms with Crippen LogP contribution >= 0.6 is 0 Å². The number of ether oxygens (including phenoxy) is 1. The van der Waals surface area contributed by atoms with Gasteiger partial charge in [-0.15, -0.1) is 5.11 Å². The van der Waals surface area contributed by atoms with Gasteiger partial charge in [0.1, 0.15) is 6.61 Å². The first-order valence-electron chi connectivity index (χ1n) is 9.34. The predicted octanol–water partition coefficient (Wildman–Crippen LogP) is 4.11. The maximum atomic E-state index is 7.11. The predicted molar refractivity (Wildman–Crippen MR) is 104 cm³/mol. The number of piperidine rings is 1. The van der Waals surface area contributed by atoms with E-state index in [1.807, 2.05) is 12.2 Å². The Kier molecular flexibility index (Phi) is 5.19. The molecule has 0 radical (unpaired) electrons. The second-order valence-electron chi connectivity index (χ2n) is 8.51. The topological polar surface area (TPSA) is 74.7 Å². The van der Waals surface area contributed by atoms with Crippen molar-refractivity contribution in [1.29, 1.82) is 5.53 Å². The molecule has 140 valence electrons. The molecular formula is C21H30N4O. The maximum absolute atomic E-state index is 7.11. The molecule has 5 nitrogen and oxygen atoms in total. The lowest BCUT2D eigenvalue weighted by atomic mass is 9.81. The second-order valence-corrected chi connectivity index (χ2v) is 8.51. The largest absolute Gasteiger partial charge is 0.472 e. The molecule has 0 aromatic heterocycles. The minimum atomic E-state index is -0.155. The zero-order valence-electron chi connectivity index (χ0n) is 16.1. The van der Waals surface area contributed by atoms with Crippen molar-refractivity contribution in [1.82, 2.24) is 4.90 Å².